The molecule has 1 aliphatic heterocycles. The van der Waals surface area contributed by atoms with Crippen molar-refractivity contribution in [1.29, 1.82) is 0 Å². The summed E-state index contributed by atoms with van der Waals surface area (Å²) in [6.45, 7) is 7.96. The SMILES string of the molecule is CCN(CC)C1CCN(C(=O)c2cc(N)n[nH]2)C1. The molecule has 1 aromatic rings. The van der Waals surface area contributed by atoms with Crippen LogP contribution in [0.2, 0.25) is 0 Å². The number of nitrogens with two attached hydrogens (primary N) is 1. The first-order valence-electron chi connectivity index (χ1n) is 6.49. The number of anilines is 1. The smallest absolute Gasteiger partial charge is 0.271 e. The van der Waals surface area contributed by atoms with Crippen molar-refractivity contribution in [1.82, 2.24) is 20.0 Å². The Morgan fingerprint density at radius 1 is 1.61 bits per heavy atom. The Balaban J connectivity index is 1.98. The van der Waals surface area contributed by atoms with E-state index in [1.807, 2.05) is 4.90 Å². The highest BCUT2D eigenvalue weighted by Crippen LogP contribution is 2.17. The minimum atomic E-state index is -0.00569. The second-order valence-corrected chi connectivity index (χ2v) is 4.62. The van der Waals surface area contributed by atoms with E-state index in [9.17, 15) is 4.79 Å². The molecule has 0 bridgehead atoms. The monoisotopic (exact) mass is 251 g/mol. The fraction of sp³-hybridized carbons (Fsp3) is 0.667. The lowest BCUT2D eigenvalue weighted by molar-refractivity contribution is 0.0772. The number of hydrogen-bond donors (Lipinski definition) is 2. The zero-order valence-electron chi connectivity index (χ0n) is 11.0. The van der Waals surface area contributed by atoms with Gasteiger partial charge < -0.3 is 10.6 Å². The first kappa shape index (κ1) is 12.9. The summed E-state index contributed by atoms with van der Waals surface area (Å²) < 4.78 is 0. The lowest BCUT2D eigenvalue weighted by Gasteiger charge is -2.25. The van der Waals surface area contributed by atoms with E-state index in [0.717, 1.165) is 32.6 Å². The first-order valence-corrected chi connectivity index (χ1v) is 6.49. The van der Waals surface area contributed by atoms with Crippen molar-refractivity contribution in [2.24, 2.45) is 0 Å². The van der Waals surface area contributed by atoms with Crippen LogP contribution >= 0.6 is 0 Å². The van der Waals surface area contributed by atoms with Crippen LogP contribution < -0.4 is 5.73 Å². The number of carbonyl (C=O) groups is 1. The van der Waals surface area contributed by atoms with Crippen LogP contribution in [0.5, 0.6) is 0 Å². The maximum Gasteiger partial charge on any atom is 0.271 e. The van der Waals surface area contributed by atoms with E-state index in [-0.39, 0.29) is 5.91 Å². The molecule has 1 aliphatic rings. The molecule has 100 valence electrons. The molecule has 2 rings (SSSR count). The Labute approximate surface area is 107 Å². The number of aromatic nitrogens is 2. The van der Waals surface area contributed by atoms with Crippen LogP contribution in [-0.2, 0) is 0 Å². The van der Waals surface area contributed by atoms with Gasteiger partial charge in [0.25, 0.3) is 5.91 Å². The summed E-state index contributed by atoms with van der Waals surface area (Å²) in [6.07, 6.45) is 1.04. The van der Waals surface area contributed by atoms with Crippen LogP contribution in [0.15, 0.2) is 6.07 Å². The van der Waals surface area contributed by atoms with Crippen LogP contribution in [0.3, 0.4) is 0 Å². The average molecular weight is 251 g/mol. The largest absolute Gasteiger partial charge is 0.382 e. The zero-order chi connectivity index (χ0) is 13.1. The van der Waals surface area contributed by atoms with Crippen LogP contribution in [0, 0.1) is 0 Å². The van der Waals surface area contributed by atoms with Gasteiger partial charge in [-0.2, -0.15) is 5.10 Å². The summed E-state index contributed by atoms with van der Waals surface area (Å²) in [5.74, 6) is 0.353. The predicted molar refractivity (Wildman–Crippen MR) is 70.2 cm³/mol. The summed E-state index contributed by atoms with van der Waals surface area (Å²) in [4.78, 5) is 16.5. The third kappa shape index (κ3) is 2.48. The molecule has 6 nitrogen and oxygen atoms in total. The maximum atomic E-state index is 12.2. The lowest BCUT2D eigenvalue weighted by atomic mass is 10.2. The number of likely N-dealkylation sites (N-methyl/N-ethyl adjacent to an activating group) is 1. The van der Waals surface area contributed by atoms with Crippen molar-refractivity contribution in [3.8, 4) is 0 Å². The van der Waals surface area contributed by atoms with Gasteiger partial charge in [0, 0.05) is 25.2 Å². The summed E-state index contributed by atoms with van der Waals surface area (Å²) in [5, 5.41) is 6.46. The highest BCUT2D eigenvalue weighted by molar-refractivity contribution is 5.93. The fourth-order valence-corrected chi connectivity index (χ4v) is 2.58. The molecule has 0 saturated carbocycles. The summed E-state index contributed by atoms with van der Waals surface area (Å²) in [6, 6.07) is 2.07. The van der Waals surface area contributed by atoms with Gasteiger partial charge in [-0.3, -0.25) is 14.8 Å². The van der Waals surface area contributed by atoms with E-state index < -0.39 is 0 Å². The summed E-state index contributed by atoms with van der Waals surface area (Å²) in [7, 11) is 0. The van der Waals surface area contributed by atoms with Crippen LogP contribution in [0.4, 0.5) is 5.82 Å². The zero-order valence-corrected chi connectivity index (χ0v) is 11.0. The van der Waals surface area contributed by atoms with Crippen molar-refractivity contribution >= 4 is 11.7 Å². The molecule has 18 heavy (non-hydrogen) atoms. The van der Waals surface area contributed by atoms with Gasteiger partial charge in [-0.15, -0.1) is 0 Å². The molecule has 0 radical (unpaired) electrons. The average Bonchev–Trinajstić information content (AvgIpc) is 2.99. The third-order valence-corrected chi connectivity index (χ3v) is 3.61. The van der Waals surface area contributed by atoms with E-state index in [4.69, 9.17) is 5.73 Å². The number of nitrogen functional groups attached to an aromatic ring is 1. The van der Waals surface area contributed by atoms with Crippen molar-refractivity contribution in [2.45, 2.75) is 26.3 Å². The maximum absolute atomic E-state index is 12.2. The molecule has 0 aromatic carbocycles. The van der Waals surface area contributed by atoms with Gasteiger partial charge >= 0.3 is 0 Å². The minimum absolute atomic E-state index is 0.00569. The molecule has 3 N–H and O–H groups in total. The van der Waals surface area contributed by atoms with E-state index in [2.05, 4.69) is 28.9 Å². The van der Waals surface area contributed by atoms with E-state index in [0.29, 0.717) is 17.6 Å². The number of nitrogens with one attached hydrogen (secondary N) is 1. The van der Waals surface area contributed by atoms with Crippen molar-refractivity contribution < 1.29 is 4.79 Å². The summed E-state index contributed by atoms with van der Waals surface area (Å²) in [5.41, 5.74) is 5.99. The van der Waals surface area contributed by atoms with Crippen LogP contribution in [-0.4, -0.2) is 58.1 Å². The van der Waals surface area contributed by atoms with Crippen molar-refractivity contribution in [3.05, 3.63) is 11.8 Å². The number of hydrogen-bond acceptors (Lipinski definition) is 4. The fourth-order valence-electron chi connectivity index (χ4n) is 2.58. The standard InChI is InChI=1S/C12H21N5O/c1-3-16(4-2)9-5-6-17(8-9)12(18)10-7-11(13)15-14-10/h7,9H,3-6,8H2,1-2H3,(H3,13,14,15). The molecule has 2 heterocycles. The lowest BCUT2D eigenvalue weighted by Crippen LogP contribution is -2.38. The van der Waals surface area contributed by atoms with Gasteiger partial charge in [0.2, 0.25) is 0 Å². The van der Waals surface area contributed by atoms with E-state index in [1.54, 1.807) is 6.07 Å². The number of nitrogens with zero attached hydrogens (tertiary/aromatic N) is 3. The minimum Gasteiger partial charge on any atom is -0.382 e. The quantitative estimate of drug-likeness (QED) is 0.819. The second kappa shape index (κ2) is 5.39. The van der Waals surface area contributed by atoms with Gasteiger partial charge in [-0.05, 0) is 19.5 Å². The molecule has 1 saturated heterocycles. The Morgan fingerprint density at radius 2 is 2.33 bits per heavy atom. The van der Waals surface area contributed by atoms with Gasteiger partial charge in [0.05, 0.1) is 0 Å². The van der Waals surface area contributed by atoms with Gasteiger partial charge in [0.1, 0.15) is 11.5 Å². The second-order valence-electron chi connectivity index (χ2n) is 4.62. The van der Waals surface area contributed by atoms with E-state index in [1.165, 1.54) is 0 Å². The Bertz CT molecular complexity index is 412. The van der Waals surface area contributed by atoms with Crippen LogP contribution in [0.25, 0.3) is 0 Å². The van der Waals surface area contributed by atoms with Gasteiger partial charge in [-0.1, -0.05) is 13.8 Å². The van der Waals surface area contributed by atoms with Gasteiger partial charge in [0.15, 0.2) is 0 Å². The normalized spacial score (nSPS) is 19.7. The molecule has 6 heteroatoms. The number of H-pyrrole nitrogens is 1. The number of aromatic amines is 1. The molecule has 0 spiro atoms. The number of rotatable bonds is 4. The first-order chi connectivity index (χ1) is 8.65. The van der Waals surface area contributed by atoms with Crippen LogP contribution in [0.1, 0.15) is 30.8 Å². The van der Waals surface area contributed by atoms with Crippen molar-refractivity contribution in [2.75, 3.05) is 31.9 Å². The molecule has 0 aliphatic carbocycles. The molecule has 1 amide bonds. The number of likely N-dealkylation sites (tertiary alicyclic amines) is 1. The highest BCUT2D eigenvalue weighted by atomic mass is 16.2. The molecule has 1 unspecified atom stereocenters. The Hall–Kier alpha value is -1.56. The molecule has 1 atom stereocenters. The number of carbonyl (C=O) groups excluding carboxylic acids is 1. The Morgan fingerprint density at radius 3 is 2.89 bits per heavy atom. The molecular weight excluding hydrogens is 230 g/mol. The van der Waals surface area contributed by atoms with E-state index >= 15 is 0 Å². The van der Waals surface area contributed by atoms with Gasteiger partial charge in [-0.25, -0.2) is 0 Å². The third-order valence-electron chi connectivity index (χ3n) is 3.61. The summed E-state index contributed by atoms with van der Waals surface area (Å²) >= 11 is 0. The molecule has 1 aromatic heterocycles. The number of amides is 1. The predicted octanol–water partition coefficient (Wildman–Crippen LogP) is 0.548. The van der Waals surface area contributed by atoms with Crippen molar-refractivity contribution in [3.63, 3.8) is 0 Å². The molecular formula is C12H21N5O. The highest BCUT2D eigenvalue weighted by Gasteiger charge is 2.30. The Kier molecular flexibility index (Phi) is 3.86. The molecule has 1 fully saturated rings. The topological polar surface area (TPSA) is 78.2 Å².